The van der Waals surface area contributed by atoms with Crippen LogP contribution in [0.5, 0.6) is 0 Å². The summed E-state index contributed by atoms with van der Waals surface area (Å²) < 4.78 is 0. The summed E-state index contributed by atoms with van der Waals surface area (Å²) in [7, 11) is 0. The van der Waals surface area contributed by atoms with Gasteiger partial charge >= 0.3 is 6.03 Å². The number of carbonyl (C=O) groups is 1. The molecule has 0 aromatic heterocycles. The summed E-state index contributed by atoms with van der Waals surface area (Å²) in [5, 5.41) is 6.04. The summed E-state index contributed by atoms with van der Waals surface area (Å²) in [6, 6.07) is 0.410. The van der Waals surface area contributed by atoms with Crippen LogP contribution in [0.1, 0.15) is 52.9 Å². The van der Waals surface area contributed by atoms with Gasteiger partial charge in [-0.15, -0.1) is 0 Å². The van der Waals surface area contributed by atoms with Gasteiger partial charge in [-0.05, 0) is 77.0 Å². The molecule has 2 rings (SSSR count). The Morgan fingerprint density at radius 3 is 2.54 bits per heavy atom. The van der Waals surface area contributed by atoms with Crippen molar-refractivity contribution in [3.8, 4) is 0 Å². The summed E-state index contributed by atoms with van der Waals surface area (Å²) in [4.78, 5) is 17.0. The maximum atomic E-state index is 11.9. The molecule has 0 aromatic rings. The minimum Gasteiger partial charge on any atom is -0.338 e. The molecule has 2 N–H and O–H groups in total. The molecule has 0 radical (unpaired) electrons. The number of rotatable bonds is 7. The van der Waals surface area contributed by atoms with Gasteiger partial charge in [0.1, 0.15) is 0 Å². The lowest BCUT2D eigenvalue weighted by molar-refractivity contribution is 0.137. The first kappa shape index (κ1) is 19.5. The van der Waals surface area contributed by atoms with Gasteiger partial charge in [-0.2, -0.15) is 0 Å². The summed E-state index contributed by atoms with van der Waals surface area (Å²) >= 11 is 0. The van der Waals surface area contributed by atoms with Crippen LogP contribution in [-0.2, 0) is 0 Å². The molecule has 0 spiro atoms. The maximum absolute atomic E-state index is 11.9. The van der Waals surface area contributed by atoms with E-state index in [0.29, 0.717) is 6.04 Å². The quantitative estimate of drug-likeness (QED) is 0.701. The van der Waals surface area contributed by atoms with E-state index in [9.17, 15) is 4.79 Å². The van der Waals surface area contributed by atoms with Gasteiger partial charge < -0.3 is 15.5 Å². The molecule has 2 amide bonds. The van der Waals surface area contributed by atoms with Crippen molar-refractivity contribution in [2.75, 3.05) is 45.8 Å². The number of amides is 2. The Hall–Kier alpha value is -0.810. The zero-order valence-corrected chi connectivity index (χ0v) is 16.0. The molecule has 0 bridgehead atoms. The second-order valence-electron chi connectivity index (χ2n) is 8.11. The van der Waals surface area contributed by atoms with Crippen LogP contribution < -0.4 is 10.6 Å². The predicted molar refractivity (Wildman–Crippen MR) is 100 cm³/mol. The second kappa shape index (κ2) is 10.2. The third kappa shape index (κ3) is 6.98. The highest BCUT2D eigenvalue weighted by Crippen LogP contribution is 2.17. The van der Waals surface area contributed by atoms with Crippen LogP contribution in [0, 0.1) is 11.8 Å². The van der Waals surface area contributed by atoms with Crippen LogP contribution in [0.15, 0.2) is 0 Å². The minimum absolute atomic E-state index is 0.0147. The molecule has 5 nitrogen and oxygen atoms in total. The van der Waals surface area contributed by atoms with E-state index in [4.69, 9.17) is 0 Å². The molecule has 2 saturated heterocycles. The van der Waals surface area contributed by atoms with Gasteiger partial charge in [0.2, 0.25) is 0 Å². The number of piperidine rings is 2. The van der Waals surface area contributed by atoms with Crippen molar-refractivity contribution in [3.05, 3.63) is 0 Å². The van der Waals surface area contributed by atoms with Crippen molar-refractivity contribution in [2.24, 2.45) is 11.8 Å². The molecule has 5 heteroatoms. The molecular formula is C19H38N4O. The zero-order chi connectivity index (χ0) is 17.4. The highest BCUT2D eigenvalue weighted by Gasteiger charge is 2.21. The van der Waals surface area contributed by atoms with Crippen LogP contribution >= 0.6 is 0 Å². The van der Waals surface area contributed by atoms with Crippen LogP contribution in [0.2, 0.25) is 0 Å². The third-order valence-electron chi connectivity index (χ3n) is 5.68. The first-order chi connectivity index (χ1) is 11.5. The van der Waals surface area contributed by atoms with E-state index in [1.807, 2.05) is 0 Å². The minimum atomic E-state index is -0.0147. The summed E-state index contributed by atoms with van der Waals surface area (Å²) in [6.07, 6.45) is 6.31. The number of urea groups is 1. The fourth-order valence-electron chi connectivity index (χ4n) is 3.85. The van der Waals surface area contributed by atoms with Gasteiger partial charge in [-0.25, -0.2) is 4.79 Å². The Kier molecular flexibility index (Phi) is 8.33. The van der Waals surface area contributed by atoms with Crippen molar-refractivity contribution in [3.63, 3.8) is 0 Å². The van der Waals surface area contributed by atoms with Crippen LogP contribution in [0.3, 0.4) is 0 Å². The fraction of sp³-hybridized carbons (Fsp3) is 0.947. The lowest BCUT2D eigenvalue weighted by Crippen LogP contribution is -2.48. The molecule has 2 aliphatic rings. The molecule has 0 aliphatic carbocycles. The normalized spacial score (nSPS) is 25.4. The number of hydrogen-bond acceptors (Lipinski definition) is 3. The molecule has 0 aromatic carbocycles. The Morgan fingerprint density at radius 2 is 1.83 bits per heavy atom. The SMILES string of the molecule is CC1CCN(CCCNC(=O)NCC(C)N2CCCC(C)C2)CC1. The lowest BCUT2D eigenvalue weighted by Gasteiger charge is -2.35. The van der Waals surface area contributed by atoms with E-state index in [0.717, 1.165) is 37.9 Å². The van der Waals surface area contributed by atoms with E-state index in [1.165, 1.54) is 51.9 Å². The molecule has 140 valence electrons. The standard InChI is InChI=1S/C19H38N4O/c1-16-7-12-22(13-8-16)10-5-9-20-19(24)21-14-18(3)23-11-4-6-17(2)15-23/h16-18H,4-15H2,1-3H3,(H2,20,21,24). The number of carbonyl (C=O) groups excluding carboxylic acids is 1. The van der Waals surface area contributed by atoms with E-state index >= 15 is 0 Å². The molecular weight excluding hydrogens is 300 g/mol. The van der Waals surface area contributed by atoms with Crippen molar-refractivity contribution >= 4 is 6.03 Å². The second-order valence-corrected chi connectivity index (χ2v) is 8.11. The smallest absolute Gasteiger partial charge is 0.314 e. The average molecular weight is 339 g/mol. The number of nitrogens with one attached hydrogen (secondary N) is 2. The Morgan fingerprint density at radius 1 is 1.08 bits per heavy atom. The summed E-state index contributed by atoms with van der Waals surface area (Å²) in [5.74, 6) is 1.67. The van der Waals surface area contributed by atoms with Crippen molar-refractivity contribution in [1.29, 1.82) is 0 Å². The number of likely N-dealkylation sites (tertiary alicyclic amines) is 2. The first-order valence-corrected chi connectivity index (χ1v) is 10.0. The van der Waals surface area contributed by atoms with E-state index < -0.39 is 0 Å². The van der Waals surface area contributed by atoms with E-state index in [2.05, 4.69) is 41.2 Å². The monoisotopic (exact) mass is 338 g/mol. The maximum Gasteiger partial charge on any atom is 0.314 e. The Balaban J connectivity index is 1.50. The highest BCUT2D eigenvalue weighted by molar-refractivity contribution is 5.73. The topological polar surface area (TPSA) is 47.6 Å². The van der Waals surface area contributed by atoms with Gasteiger partial charge in [0, 0.05) is 25.7 Å². The van der Waals surface area contributed by atoms with Gasteiger partial charge in [0.05, 0.1) is 0 Å². The van der Waals surface area contributed by atoms with E-state index in [1.54, 1.807) is 0 Å². The lowest BCUT2D eigenvalue weighted by atomic mass is 9.99. The molecule has 0 saturated carbocycles. The summed E-state index contributed by atoms with van der Waals surface area (Å²) in [6.45, 7) is 14.3. The number of nitrogens with zero attached hydrogens (tertiary/aromatic N) is 2. The van der Waals surface area contributed by atoms with Gasteiger partial charge in [-0.3, -0.25) is 4.90 Å². The molecule has 2 unspecified atom stereocenters. The molecule has 2 atom stereocenters. The molecule has 2 aliphatic heterocycles. The van der Waals surface area contributed by atoms with Gasteiger partial charge in [-0.1, -0.05) is 13.8 Å². The van der Waals surface area contributed by atoms with Crippen molar-refractivity contribution in [1.82, 2.24) is 20.4 Å². The molecule has 24 heavy (non-hydrogen) atoms. The summed E-state index contributed by atoms with van der Waals surface area (Å²) in [5.41, 5.74) is 0. The average Bonchev–Trinajstić information content (AvgIpc) is 2.58. The Bertz CT molecular complexity index is 368. The van der Waals surface area contributed by atoms with Crippen LogP contribution in [0.25, 0.3) is 0 Å². The van der Waals surface area contributed by atoms with Crippen molar-refractivity contribution in [2.45, 2.75) is 58.9 Å². The highest BCUT2D eigenvalue weighted by atomic mass is 16.2. The van der Waals surface area contributed by atoms with Crippen LogP contribution in [0.4, 0.5) is 4.79 Å². The van der Waals surface area contributed by atoms with E-state index in [-0.39, 0.29) is 6.03 Å². The van der Waals surface area contributed by atoms with Crippen molar-refractivity contribution < 1.29 is 4.79 Å². The molecule has 2 heterocycles. The fourth-order valence-corrected chi connectivity index (χ4v) is 3.85. The van der Waals surface area contributed by atoms with Crippen LogP contribution in [-0.4, -0.2) is 67.7 Å². The third-order valence-corrected chi connectivity index (χ3v) is 5.68. The van der Waals surface area contributed by atoms with Gasteiger partial charge in [0.25, 0.3) is 0 Å². The largest absolute Gasteiger partial charge is 0.338 e. The van der Waals surface area contributed by atoms with Gasteiger partial charge in [0.15, 0.2) is 0 Å². The first-order valence-electron chi connectivity index (χ1n) is 10.0. The Labute approximate surface area is 148 Å². The zero-order valence-electron chi connectivity index (χ0n) is 16.0. The number of hydrogen-bond donors (Lipinski definition) is 2. The molecule has 2 fully saturated rings. The predicted octanol–water partition coefficient (Wildman–Crippen LogP) is 2.53.